The summed E-state index contributed by atoms with van der Waals surface area (Å²) in [6.07, 6.45) is 4.12. The van der Waals surface area contributed by atoms with Gasteiger partial charge in [-0.25, -0.2) is 0 Å². The van der Waals surface area contributed by atoms with Crippen LogP contribution in [0.15, 0.2) is 0 Å². The molecule has 0 aliphatic rings. The summed E-state index contributed by atoms with van der Waals surface area (Å²) < 4.78 is 11.2. The van der Waals surface area contributed by atoms with Crippen LogP contribution in [0.1, 0.15) is 47.0 Å². The van der Waals surface area contributed by atoms with Crippen LogP contribution < -0.4 is 0 Å². The first kappa shape index (κ1) is 14.1. The first-order chi connectivity index (χ1) is 6.56. The monoisotopic (exact) mass is 218 g/mol. The molecule has 0 aromatic heterocycles. The maximum atomic E-state index is 5.79. The van der Waals surface area contributed by atoms with Crippen molar-refractivity contribution in [2.45, 2.75) is 59.6 Å². The fourth-order valence-electron chi connectivity index (χ4n) is 1.48. The molecule has 0 fully saturated rings. The van der Waals surface area contributed by atoms with E-state index in [0.29, 0.717) is 6.10 Å². The summed E-state index contributed by atoms with van der Waals surface area (Å²) in [4.78, 5) is 0. The average molecular weight is 218 g/mol. The van der Waals surface area contributed by atoms with E-state index in [1.165, 1.54) is 19.3 Å². The minimum atomic E-state index is -1.33. The standard InChI is InChI=1S/C11H26O2Si/c1-6-12-14(5)13-11(4)9-7-8-10(2)3/h10-11,14H,6-9H2,1-5H3. The number of hydrogen-bond donors (Lipinski definition) is 0. The molecule has 2 nitrogen and oxygen atoms in total. The fourth-order valence-corrected chi connectivity index (χ4v) is 2.82. The van der Waals surface area contributed by atoms with Crippen LogP contribution in [0.4, 0.5) is 0 Å². The molecule has 0 aromatic rings. The number of rotatable bonds is 8. The van der Waals surface area contributed by atoms with E-state index < -0.39 is 9.28 Å². The van der Waals surface area contributed by atoms with E-state index in [9.17, 15) is 0 Å². The molecule has 0 spiro atoms. The summed E-state index contributed by atoms with van der Waals surface area (Å²) in [5.74, 6) is 0.809. The minimum Gasteiger partial charge on any atom is -0.397 e. The van der Waals surface area contributed by atoms with Gasteiger partial charge in [-0.3, -0.25) is 0 Å². The second kappa shape index (κ2) is 8.45. The van der Waals surface area contributed by atoms with E-state index in [0.717, 1.165) is 12.5 Å². The van der Waals surface area contributed by atoms with Crippen LogP contribution in [0.5, 0.6) is 0 Å². The van der Waals surface area contributed by atoms with E-state index in [1.54, 1.807) is 0 Å². The maximum absolute atomic E-state index is 5.79. The van der Waals surface area contributed by atoms with Gasteiger partial charge in [0.1, 0.15) is 0 Å². The molecule has 0 saturated carbocycles. The SMILES string of the molecule is CCO[SiH](C)OC(C)CCCC(C)C. The van der Waals surface area contributed by atoms with Crippen LogP contribution in [-0.2, 0) is 8.85 Å². The molecule has 0 aliphatic carbocycles. The van der Waals surface area contributed by atoms with Gasteiger partial charge in [0.2, 0.25) is 0 Å². The molecule has 3 heteroatoms. The van der Waals surface area contributed by atoms with Gasteiger partial charge >= 0.3 is 9.28 Å². The largest absolute Gasteiger partial charge is 0.397 e. The predicted octanol–water partition coefficient (Wildman–Crippen LogP) is 3.10. The normalized spacial score (nSPS) is 15.9. The predicted molar refractivity (Wildman–Crippen MR) is 63.9 cm³/mol. The third-order valence-electron chi connectivity index (χ3n) is 2.22. The molecule has 0 bridgehead atoms. The molecule has 2 atom stereocenters. The van der Waals surface area contributed by atoms with Crippen molar-refractivity contribution in [1.29, 1.82) is 0 Å². The second-order valence-electron chi connectivity index (χ2n) is 4.29. The first-order valence-corrected chi connectivity index (χ1v) is 7.93. The van der Waals surface area contributed by atoms with Crippen molar-refractivity contribution in [1.82, 2.24) is 0 Å². The molecule has 0 radical (unpaired) electrons. The Morgan fingerprint density at radius 3 is 2.29 bits per heavy atom. The molecule has 14 heavy (non-hydrogen) atoms. The van der Waals surface area contributed by atoms with E-state index in [2.05, 4.69) is 27.3 Å². The highest BCUT2D eigenvalue weighted by atomic mass is 28.3. The average Bonchev–Trinajstić information content (AvgIpc) is 2.03. The van der Waals surface area contributed by atoms with Gasteiger partial charge in [0.15, 0.2) is 0 Å². The van der Waals surface area contributed by atoms with Crippen molar-refractivity contribution in [2.75, 3.05) is 6.61 Å². The summed E-state index contributed by atoms with van der Waals surface area (Å²) in [5, 5.41) is 0. The van der Waals surface area contributed by atoms with Crippen LogP contribution in [0.3, 0.4) is 0 Å². The zero-order chi connectivity index (χ0) is 11.0. The quantitative estimate of drug-likeness (QED) is 0.583. The molecular weight excluding hydrogens is 192 g/mol. The Morgan fingerprint density at radius 1 is 1.14 bits per heavy atom. The third-order valence-corrected chi connectivity index (χ3v) is 3.87. The van der Waals surface area contributed by atoms with Gasteiger partial charge in [-0.1, -0.05) is 26.7 Å². The van der Waals surface area contributed by atoms with Crippen molar-refractivity contribution in [3.8, 4) is 0 Å². The lowest BCUT2D eigenvalue weighted by molar-refractivity contribution is 0.145. The van der Waals surface area contributed by atoms with Crippen molar-refractivity contribution in [2.24, 2.45) is 5.92 Å². The topological polar surface area (TPSA) is 18.5 Å². The van der Waals surface area contributed by atoms with Gasteiger partial charge < -0.3 is 8.85 Å². The van der Waals surface area contributed by atoms with Gasteiger partial charge in [0.05, 0.1) is 0 Å². The molecule has 0 rings (SSSR count). The molecular formula is C11H26O2Si. The highest BCUT2D eigenvalue weighted by Crippen LogP contribution is 2.10. The van der Waals surface area contributed by atoms with Crippen molar-refractivity contribution < 1.29 is 8.85 Å². The van der Waals surface area contributed by atoms with Gasteiger partial charge in [-0.15, -0.1) is 0 Å². The summed E-state index contributed by atoms with van der Waals surface area (Å²) >= 11 is 0. The zero-order valence-corrected chi connectivity index (χ0v) is 11.5. The molecule has 0 amide bonds. The lowest BCUT2D eigenvalue weighted by Crippen LogP contribution is -2.24. The van der Waals surface area contributed by atoms with Crippen LogP contribution in [-0.4, -0.2) is 22.0 Å². The molecule has 0 N–H and O–H groups in total. The second-order valence-corrected chi connectivity index (χ2v) is 6.04. The Morgan fingerprint density at radius 2 is 1.79 bits per heavy atom. The summed E-state index contributed by atoms with van der Waals surface area (Å²) in [7, 11) is -1.33. The lowest BCUT2D eigenvalue weighted by atomic mass is 10.1. The van der Waals surface area contributed by atoms with Crippen molar-refractivity contribution in [3.63, 3.8) is 0 Å². The third kappa shape index (κ3) is 8.72. The smallest absolute Gasteiger partial charge is 0.318 e. The van der Waals surface area contributed by atoms with E-state index >= 15 is 0 Å². The highest BCUT2D eigenvalue weighted by Gasteiger charge is 2.10. The van der Waals surface area contributed by atoms with Gasteiger partial charge in [0.25, 0.3) is 0 Å². The molecule has 0 heterocycles. The minimum absolute atomic E-state index is 0.377. The van der Waals surface area contributed by atoms with E-state index in [1.807, 2.05) is 6.92 Å². The van der Waals surface area contributed by atoms with Gasteiger partial charge in [-0.05, 0) is 32.7 Å². The van der Waals surface area contributed by atoms with Gasteiger partial charge in [-0.2, -0.15) is 0 Å². The van der Waals surface area contributed by atoms with Crippen molar-refractivity contribution in [3.05, 3.63) is 0 Å². The Bertz CT molecular complexity index is 128. The van der Waals surface area contributed by atoms with Gasteiger partial charge in [0, 0.05) is 12.7 Å². The maximum Gasteiger partial charge on any atom is 0.318 e. The number of hydrogen-bond acceptors (Lipinski definition) is 2. The van der Waals surface area contributed by atoms with Crippen LogP contribution >= 0.6 is 0 Å². The summed E-state index contributed by atoms with van der Waals surface area (Å²) in [5.41, 5.74) is 0. The Balaban J connectivity index is 3.39. The molecule has 2 unspecified atom stereocenters. The molecule has 86 valence electrons. The lowest BCUT2D eigenvalue weighted by Gasteiger charge is -2.18. The van der Waals surface area contributed by atoms with Crippen molar-refractivity contribution >= 4 is 9.28 Å². The van der Waals surface area contributed by atoms with E-state index in [-0.39, 0.29) is 0 Å². The molecule has 0 aromatic carbocycles. The summed E-state index contributed by atoms with van der Waals surface area (Å²) in [6.45, 7) is 11.6. The first-order valence-electron chi connectivity index (χ1n) is 5.83. The summed E-state index contributed by atoms with van der Waals surface area (Å²) in [6, 6.07) is 0. The fraction of sp³-hybridized carbons (Fsp3) is 1.00. The molecule has 0 saturated heterocycles. The zero-order valence-electron chi connectivity index (χ0n) is 10.4. The Labute approximate surface area is 90.8 Å². The Kier molecular flexibility index (Phi) is 8.53. The van der Waals surface area contributed by atoms with Crippen LogP contribution in [0, 0.1) is 5.92 Å². The molecule has 0 aliphatic heterocycles. The highest BCUT2D eigenvalue weighted by molar-refractivity contribution is 6.42. The Hall–Kier alpha value is 0.137. The van der Waals surface area contributed by atoms with E-state index in [4.69, 9.17) is 8.85 Å². The van der Waals surface area contributed by atoms with Crippen LogP contribution in [0.25, 0.3) is 0 Å². The van der Waals surface area contributed by atoms with Crippen LogP contribution in [0.2, 0.25) is 6.55 Å².